The predicted octanol–water partition coefficient (Wildman–Crippen LogP) is 3.36. The average molecular weight is 377 g/mol. The molecule has 0 saturated heterocycles. The summed E-state index contributed by atoms with van der Waals surface area (Å²) in [5.74, 6) is 0.511. The van der Waals surface area contributed by atoms with Gasteiger partial charge in [-0.2, -0.15) is 0 Å². The van der Waals surface area contributed by atoms with Crippen LogP contribution in [0.25, 0.3) is 0 Å². The second-order valence-electron chi connectivity index (χ2n) is 4.66. The van der Waals surface area contributed by atoms with Crippen molar-refractivity contribution in [1.29, 1.82) is 0 Å². The molecular weight excluding hydrogens is 362 g/mol. The molecule has 1 N–H and O–H groups in total. The molecule has 0 unspecified atom stereocenters. The number of hydrogen-bond acceptors (Lipinski definition) is 2. The van der Waals surface area contributed by atoms with Gasteiger partial charge in [-0.05, 0) is 36.5 Å². The van der Waals surface area contributed by atoms with Crippen LogP contribution in [0.3, 0.4) is 0 Å². The molecule has 1 aromatic rings. The Morgan fingerprint density at radius 1 is 1.50 bits per heavy atom. The van der Waals surface area contributed by atoms with Crippen molar-refractivity contribution >= 4 is 37.8 Å². The molecule has 1 aromatic carbocycles. The normalized spacial score (nSPS) is 16.2. The van der Waals surface area contributed by atoms with Gasteiger partial charge >= 0.3 is 0 Å². The monoisotopic (exact) mass is 375 g/mol. The molecule has 1 amide bonds. The quantitative estimate of drug-likeness (QED) is 0.800. The maximum Gasteiger partial charge on any atom is 0.255 e. The molecule has 0 bridgehead atoms. The van der Waals surface area contributed by atoms with E-state index in [0.29, 0.717) is 11.3 Å². The average Bonchev–Trinajstić information content (AvgIpc) is 3.16. The number of ether oxygens (including phenoxy) is 1. The number of nitrogens with one attached hydrogen (secondary N) is 1. The van der Waals surface area contributed by atoms with Gasteiger partial charge in [0.15, 0.2) is 0 Å². The smallest absolute Gasteiger partial charge is 0.255 e. The van der Waals surface area contributed by atoms with E-state index in [9.17, 15) is 4.79 Å². The third kappa shape index (κ3) is 3.06. The fourth-order valence-corrected chi connectivity index (χ4v) is 2.85. The van der Waals surface area contributed by atoms with Gasteiger partial charge in [0.1, 0.15) is 5.75 Å². The lowest BCUT2D eigenvalue weighted by Gasteiger charge is -2.14. The van der Waals surface area contributed by atoms with Crippen LogP contribution in [-0.4, -0.2) is 24.9 Å². The van der Waals surface area contributed by atoms with Gasteiger partial charge in [0, 0.05) is 16.3 Å². The van der Waals surface area contributed by atoms with E-state index in [4.69, 9.17) is 4.74 Å². The molecule has 0 heterocycles. The molecule has 0 radical (unpaired) electrons. The number of hydrogen-bond donors (Lipinski definition) is 1. The van der Waals surface area contributed by atoms with E-state index in [2.05, 4.69) is 37.2 Å². The molecule has 1 saturated carbocycles. The van der Waals surface area contributed by atoms with Crippen LogP contribution in [-0.2, 0) is 0 Å². The Bertz CT molecular complexity index is 458. The topological polar surface area (TPSA) is 38.3 Å². The van der Waals surface area contributed by atoms with Gasteiger partial charge < -0.3 is 10.1 Å². The summed E-state index contributed by atoms with van der Waals surface area (Å²) in [5.41, 5.74) is 0.851. The third-order valence-electron chi connectivity index (χ3n) is 3.27. The molecule has 98 valence electrons. The summed E-state index contributed by atoms with van der Waals surface area (Å²) < 4.78 is 6.12. The summed E-state index contributed by atoms with van der Waals surface area (Å²) in [5, 5.41) is 3.92. The Labute approximate surface area is 124 Å². The summed E-state index contributed by atoms with van der Waals surface area (Å²) >= 11 is 6.86. The van der Waals surface area contributed by atoms with E-state index in [-0.39, 0.29) is 11.3 Å². The number of benzene rings is 1. The number of amides is 1. The van der Waals surface area contributed by atoms with Crippen molar-refractivity contribution in [3.05, 3.63) is 28.2 Å². The number of alkyl halides is 1. The van der Waals surface area contributed by atoms with Gasteiger partial charge in [0.05, 0.1) is 12.7 Å². The molecule has 18 heavy (non-hydrogen) atoms. The lowest BCUT2D eigenvalue weighted by molar-refractivity contribution is 0.0943. The van der Waals surface area contributed by atoms with Gasteiger partial charge in [-0.3, -0.25) is 4.79 Å². The number of halogens is 2. The van der Waals surface area contributed by atoms with Crippen molar-refractivity contribution in [1.82, 2.24) is 5.32 Å². The van der Waals surface area contributed by atoms with Crippen LogP contribution in [0.15, 0.2) is 22.7 Å². The molecule has 0 atom stereocenters. The first kappa shape index (κ1) is 13.9. The Kier molecular flexibility index (Phi) is 4.33. The first-order chi connectivity index (χ1) is 8.60. The Morgan fingerprint density at radius 3 is 2.78 bits per heavy atom. The molecule has 1 aliphatic carbocycles. The van der Waals surface area contributed by atoms with Crippen LogP contribution < -0.4 is 10.1 Å². The van der Waals surface area contributed by atoms with Crippen LogP contribution in [0.5, 0.6) is 5.75 Å². The molecule has 1 fully saturated rings. The highest BCUT2D eigenvalue weighted by molar-refractivity contribution is 9.10. The van der Waals surface area contributed by atoms with Gasteiger partial charge in [-0.25, -0.2) is 0 Å². The molecule has 1 aliphatic rings. The molecule has 2 rings (SSSR count). The molecular formula is C13H15Br2NO2. The molecule has 0 spiro atoms. The first-order valence-corrected chi connectivity index (χ1v) is 7.69. The highest BCUT2D eigenvalue weighted by Gasteiger charge is 2.41. The van der Waals surface area contributed by atoms with E-state index in [1.807, 2.05) is 6.07 Å². The van der Waals surface area contributed by atoms with Crippen molar-refractivity contribution in [3.8, 4) is 5.75 Å². The zero-order chi connectivity index (χ0) is 13.2. The van der Waals surface area contributed by atoms with Crippen molar-refractivity contribution in [2.45, 2.75) is 12.8 Å². The SMILES string of the molecule is COc1cc(Br)ccc1C(=O)NCC1(CBr)CC1. The van der Waals surface area contributed by atoms with E-state index < -0.39 is 0 Å². The summed E-state index contributed by atoms with van der Waals surface area (Å²) in [4.78, 5) is 12.1. The Balaban J connectivity index is 2.04. The van der Waals surface area contributed by atoms with Crippen molar-refractivity contribution in [2.75, 3.05) is 19.0 Å². The van der Waals surface area contributed by atoms with E-state index in [0.717, 1.165) is 16.3 Å². The zero-order valence-electron chi connectivity index (χ0n) is 10.1. The minimum atomic E-state index is -0.0772. The van der Waals surface area contributed by atoms with E-state index >= 15 is 0 Å². The number of rotatable bonds is 5. The lowest BCUT2D eigenvalue weighted by Crippen LogP contribution is -2.31. The van der Waals surface area contributed by atoms with Crippen molar-refractivity contribution in [2.24, 2.45) is 5.41 Å². The minimum absolute atomic E-state index is 0.0772. The lowest BCUT2D eigenvalue weighted by atomic mass is 10.1. The number of carbonyl (C=O) groups is 1. The second kappa shape index (κ2) is 5.61. The predicted molar refractivity (Wildman–Crippen MR) is 78.5 cm³/mol. The summed E-state index contributed by atoms with van der Waals surface area (Å²) in [7, 11) is 1.57. The van der Waals surface area contributed by atoms with Gasteiger partial charge in [-0.1, -0.05) is 31.9 Å². The van der Waals surface area contributed by atoms with E-state index in [1.165, 1.54) is 12.8 Å². The zero-order valence-corrected chi connectivity index (χ0v) is 13.3. The maximum absolute atomic E-state index is 12.1. The number of carbonyl (C=O) groups excluding carboxylic acids is 1. The number of methoxy groups -OCH3 is 1. The van der Waals surface area contributed by atoms with Crippen LogP contribution in [0, 0.1) is 5.41 Å². The fourth-order valence-electron chi connectivity index (χ4n) is 1.75. The summed E-state index contributed by atoms with van der Waals surface area (Å²) in [6, 6.07) is 5.41. The minimum Gasteiger partial charge on any atom is -0.496 e. The second-order valence-corrected chi connectivity index (χ2v) is 6.14. The molecule has 5 heteroatoms. The Morgan fingerprint density at radius 2 is 2.22 bits per heavy atom. The van der Waals surface area contributed by atoms with Crippen molar-refractivity contribution in [3.63, 3.8) is 0 Å². The van der Waals surface area contributed by atoms with Crippen molar-refractivity contribution < 1.29 is 9.53 Å². The summed E-state index contributed by atoms with van der Waals surface area (Å²) in [6.07, 6.45) is 2.35. The fraction of sp³-hybridized carbons (Fsp3) is 0.462. The molecule has 3 nitrogen and oxygen atoms in total. The third-order valence-corrected chi connectivity index (χ3v) is 4.96. The van der Waals surface area contributed by atoms with Gasteiger partial charge in [0.2, 0.25) is 0 Å². The summed E-state index contributed by atoms with van der Waals surface area (Å²) in [6.45, 7) is 0.719. The van der Waals surface area contributed by atoms with Crippen LogP contribution in [0.2, 0.25) is 0 Å². The Hall–Kier alpha value is -0.550. The maximum atomic E-state index is 12.1. The first-order valence-electron chi connectivity index (χ1n) is 5.78. The van der Waals surface area contributed by atoms with Crippen LogP contribution in [0.1, 0.15) is 23.2 Å². The van der Waals surface area contributed by atoms with Gasteiger partial charge in [-0.15, -0.1) is 0 Å². The van der Waals surface area contributed by atoms with E-state index in [1.54, 1.807) is 19.2 Å². The highest BCUT2D eigenvalue weighted by Crippen LogP contribution is 2.46. The van der Waals surface area contributed by atoms with Crippen LogP contribution in [0.4, 0.5) is 0 Å². The highest BCUT2D eigenvalue weighted by atomic mass is 79.9. The molecule has 0 aliphatic heterocycles. The van der Waals surface area contributed by atoms with Gasteiger partial charge in [0.25, 0.3) is 5.91 Å². The van der Waals surface area contributed by atoms with Crippen LogP contribution >= 0.6 is 31.9 Å². The largest absolute Gasteiger partial charge is 0.496 e. The molecule has 0 aromatic heterocycles. The standard InChI is InChI=1S/C13H15Br2NO2/c1-18-11-6-9(15)2-3-10(11)12(17)16-8-13(7-14)4-5-13/h2-3,6H,4-5,7-8H2,1H3,(H,16,17).